The number of nitrogens with two attached hydrogens (primary N) is 2. The highest BCUT2D eigenvalue weighted by Gasteiger charge is 2.33. The van der Waals surface area contributed by atoms with E-state index >= 15 is 0 Å². The van der Waals surface area contributed by atoms with Gasteiger partial charge in [0, 0.05) is 12.1 Å². The Balaban J connectivity index is 1.80. The maximum Gasteiger partial charge on any atom is 0.00392 e. The molecule has 0 radical (unpaired) electrons. The first-order valence-electron chi connectivity index (χ1n) is 7.09. The lowest BCUT2D eigenvalue weighted by molar-refractivity contribution is 0.134. The van der Waals surface area contributed by atoms with Crippen molar-refractivity contribution < 1.29 is 0 Å². The van der Waals surface area contributed by atoms with Crippen LogP contribution in [0.4, 0.5) is 0 Å². The maximum absolute atomic E-state index is 5.99. The number of rotatable bonds is 2. The summed E-state index contributed by atoms with van der Waals surface area (Å²) in [7, 11) is 0. The number of hydrogen-bond acceptors (Lipinski definition) is 2. The zero-order valence-corrected chi connectivity index (χ0v) is 10.8. The molecule has 0 aromatic carbocycles. The summed E-state index contributed by atoms with van der Waals surface area (Å²) in [6.45, 7) is 2.48. The molecule has 2 rings (SSSR count). The van der Waals surface area contributed by atoms with Crippen LogP contribution in [0.3, 0.4) is 0 Å². The van der Waals surface area contributed by atoms with Crippen molar-refractivity contribution in [2.75, 3.05) is 0 Å². The van der Waals surface area contributed by atoms with Gasteiger partial charge in [0.15, 0.2) is 0 Å². The molecule has 2 nitrogen and oxygen atoms in total. The third-order valence-corrected chi connectivity index (χ3v) is 4.91. The molecule has 0 bridgehead atoms. The fourth-order valence-electron chi connectivity index (χ4n) is 3.63. The summed E-state index contributed by atoms with van der Waals surface area (Å²) in [5.41, 5.74) is 12.5. The highest BCUT2D eigenvalue weighted by atomic mass is 14.6. The van der Waals surface area contributed by atoms with E-state index in [0.717, 1.165) is 5.92 Å². The normalized spacial score (nSPS) is 45.6. The van der Waals surface area contributed by atoms with Gasteiger partial charge >= 0.3 is 0 Å². The molecule has 2 fully saturated rings. The molecule has 16 heavy (non-hydrogen) atoms. The van der Waals surface area contributed by atoms with Gasteiger partial charge in [0.05, 0.1) is 0 Å². The Morgan fingerprint density at radius 3 is 1.94 bits per heavy atom. The molecule has 2 aliphatic rings. The van der Waals surface area contributed by atoms with Crippen LogP contribution in [-0.2, 0) is 0 Å². The first kappa shape index (κ1) is 12.4. The minimum Gasteiger partial charge on any atom is -0.328 e. The molecular formula is C14H28N2. The lowest BCUT2D eigenvalue weighted by atomic mass is 9.67. The van der Waals surface area contributed by atoms with Gasteiger partial charge < -0.3 is 11.5 Å². The molecule has 2 heteroatoms. The molecule has 4 N–H and O–H groups in total. The Labute approximate surface area is 100 Å². The van der Waals surface area contributed by atoms with E-state index in [2.05, 4.69) is 6.92 Å². The highest BCUT2D eigenvalue weighted by molar-refractivity contribution is 4.87. The van der Waals surface area contributed by atoms with Crippen molar-refractivity contribution in [2.45, 2.75) is 76.8 Å². The smallest absolute Gasteiger partial charge is 0.00392 e. The summed E-state index contributed by atoms with van der Waals surface area (Å²) in [5.74, 6) is 0.944. The molecule has 0 atom stereocenters. The van der Waals surface area contributed by atoms with Gasteiger partial charge in [-0.15, -0.1) is 0 Å². The molecule has 0 saturated heterocycles. The SMILES string of the molecule is C[C@]1(C[C@H]2CC[C@@H](N)CC2)CC[C@@H](N)CC1. The highest BCUT2D eigenvalue weighted by Crippen LogP contribution is 2.43. The predicted octanol–water partition coefficient (Wildman–Crippen LogP) is 2.80. The Bertz CT molecular complexity index is 211. The predicted molar refractivity (Wildman–Crippen MR) is 69.1 cm³/mol. The molecule has 0 amide bonds. The quantitative estimate of drug-likeness (QED) is 0.758. The summed E-state index contributed by atoms with van der Waals surface area (Å²) >= 11 is 0. The van der Waals surface area contributed by atoms with Gasteiger partial charge in [-0.2, -0.15) is 0 Å². The molecule has 2 aliphatic carbocycles. The Hall–Kier alpha value is -0.0800. The average molecular weight is 224 g/mol. The Kier molecular flexibility index (Phi) is 3.91. The zero-order valence-electron chi connectivity index (χ0n) is 10.8. The van der Waals surface area contributed by atoms with Crippen LogP contribution in [0.1, 0.15) is 64.7 Å². The second-order valence-corrected chi connectivity index (χ2v) is 6.63. The lowest BCUT2D eigenvalue weighted by Gasteiger charge is -2.40. The second-order valence-electron chi connectivity index (χ2n) is 6.63. The van der Waals surface area contributed by atoms with Crippen molar-refractivity contribution in [1.29, 1.82) is 0 Å². The third kappa shape index (κ3) is 3.21. The fraction of sp³-hybridized carbons (Fsp3) is 1.00. The minimum atomic E-state index is 0.479. The van der Waals surface area contributed by atoms with E-state index in [0.29, 0.717) is 17.5 Å². The van der Waals surface area contributed by atoms with Crippen LogP contribution in [0.5, 0.6) is 0 Å². The summed E-state index contributed by atoms with van der Waals surface area (Å²) < 4.78 is 0. The van der Waals surface area contributed by atoms with Gasteiger partial charge in [0.2, 0.25) is 0 Å². The van der Waals surface area contributed by atoms with Crippen LogP contribution in [-0.4, -0.2) is 12.1 Å². The van der Waals surface area contributed by atoms with E-state index in [-0.39, 0.29) is 0 Å². The topological polar surface area (TPSA) is 52.0 Å². The molecule has 0 aliphatic heterocycles. The van der Waals surface area contributed by atoms with E-state index in [4.69, 9.17) is 11.5 Å². The van der Waals surface area contributed by atoms with Crippen molar-refractivity contribution in [3.8, 4) is 0 Å². The first-order valence-corrected chi connectivity index (χ1v) is 7.09. The van der Waals surface area contributed by atoms with Gasteiger partial charge in [-0.1, -0.05) is 6.92 Å². The molecular weight excluding hydrogens is 196 g/mol. The largest absolute Gasteiger partial charge is 0.328 e. The van der Waals surface area contributed by atoms with E-state index in [1.165, 1.54) is 57.8 Å². The average Bonchev–Trinajstić information content (AvgIpc) is 2.27. The monoisotopic (exact) mass is 224 g/mol. The van der Waals surface area contributed by atoms with Crippen molar-refractivity contribution in [3.05, 3.63) is 0 Å². The van der Waals surface area contributed by atoms with Crippen LogP contribution in [0.15, 0.2) is 0 Å². The van der Waals surface area contributed by atoms with Crippen molar-refractivity contribution in [3.63, 3.8) is 0 Å². The molecule has 2 saturated carbocycles. The van der Waals surface area contributed by atoms with Gasteiger partial charge in [-0.05, 0) is 69.1 Å². The maximum atomic E-state index is 5.99. The first-order chi connectivity index (χ1) is 7.57. The summed E-state index contributed by atoms with van der Waals surface area (Å²) in [6, 6.07) is 0.969. The van der Waals surface area contributed by atoms with Crippen LogP contribution >= 0.6 is 0 Å². The second kappa shape index (κ2) is 5.05. The molecule has 0 unspecified atom stereocenters. The molecule has 94 valence electrons. The van der Waals surface area contributed by atoms with Gasteiger partial charge in [0.25, 0.3) is 0 Å². The third-order valence-electron chi connectivity index (χ3n) is 4.91. The van der Waals surface area contributed by atoms with Crippen molar-refractivity contribution >= 4 is 0 Å². The van der Waals surface area contributed by atoms with E-state index < -0.39 is 0 Å². The summed E-state index contributed by atoms with van der Waals surface area (Å²) in [6.07, 6.45) is 11.8. The number of hydrogen-bond donors (Lipinski definition) is 2. The van der Waals surface area contributed by atoms with Crippen LogP contribution < -0.4 is 11.5 Å². The van der Waals surface area contributed by atoms with Crippen LogP contribution in [0, 0.1) is 11.3 Å². The molecule has 0 spiro atoms. The Morgan fingerprint density at radius 2 is 1.38 bits per heavy atom. The van der Waals surface area contributed by atoms with Gasteiger partial charge in [-0.3, -0.25) is 0 Å². The lowest BCUT2D eigenvalue weighted by Crippen LogP contribution is -2.35. The van der Waals surface area contributed by atoms with Gasteiger partial charge in [0.1, 0.15) is 0 Å². The minimum absolute atomic E-state index is 0.479. The fourth-order valence-corrected chi connectivity index (χ4v) is 3.63. The summed E-state index contributed by atoms with van der Waals surface area (Å²) in [4.78, 5) is 0. The van der Waals surface area contributed by atoms with Crippen LogP contribution in [0.2, 0.25) is 0 Å². The van der Waals surface area contributed by atoms with Crippen molar-refractivity contribution in [2.24, 2.45) is 22.8 Å². The molecule has 0 aromatic heterocycles. The Morgan fingerprint density at radius 1 is 0.875 bits per heavy atom. The van der Waals surface area contributed by atoms with E-state index in [1.807, 2.05) is 0 Å². The van der Waals surface area contributed by atoms with Crippen molar-refractivity contribution in [1.82, 2.24) is 0 Å². The van der Waals surface area contributed by atoms with E-state index in [9.17, 15) is 0 Å². The van der Waals surface area contributed by atoms with Gasteiger partial charge in [-0.25, -0.2) is 0 Å². The zero-order chi connectivity index (χ0) is 11.6. The molecule has 0 heterocycles. The standard InChI is InChI=1S/C14H28N2/c1-14(8-6-13(16)7-9-14)10-11-2-4-12(15)5-3-11/h11-13H,2-10,15-16H2,1H3/t11-,12+,13-,14+. The summed E-state index contributed by atoms with van der Waals surface area (Å²) in [5, 5.41) is 0. The van der Waals surface area contributed by atoms with E-state index in [1.54, 1.807) is 0 Å². The van der Waals surface area contributed by atoms with Crippen LogP contribution in [0.25, 0.3) is 0 Å². The molecule has 0 aromatic rings.